The summed E-state index contributed by atoms with van der Waals surface area (Å²) in [4.78, 5) is 11.5. The van der Waals surface area contributed by atoms with Crippen molar-refractivity contribution >= 4 is 5.97 Å². The molecule has 0 saturated carbocycles. The van der Waals surface area contributed by atoms with Crippen LogP contribution in [0.15, 0.2) is 11.1 Å². The normalized spacial score (nSPS) is 15.1. The lowest BCUT2D eigenvalue weighted by Crippen LogP contribution is -2.25. The second kappa shape index (κ2) is 5.81. The molecule has 0 aliphatic carbocycles. The Morgan fingerprint density at radius 2 is 1.86 bits per heavy atom. The van der Waals surface area contributed by atoms with E-state index in [4.69, 9.17) is 10.5 Å². The number of carbonyl (C=O) groups is 1. The molecule has 0 radical (unpaired) electrons. The average molecular weight is 199 g/mol. The van der Waals surface area contributed by atoms with Crippen molar-refractivity contribution in [3.8, 4) is 0 Å². The van der Waals surface area contributed by atoms with E-state index in [1.807, 2.05) is 20.8 Å². The van der Waals surface area contributed by atoms with Gasteiger partial charge in [-0.2, -0.15) is 0 Å². The van der Waals surface area contributed by atoms with Crippen LogP contribution in [-0.2, 0) is 9.53 Å². The summed E-state index contributed by atoms with van der Waals surface area (Å²) in [6.45, 7) is 9.92. The molecule has 0 aliphatic heterocycles. The molecule has 0 aliphatic rings. The zero-order valence-electron chi connectivity index (χ0n) is 9.76. The molecule has 0 aromatic rings. The Bertz CT molecular complexity index is 219. The summed E-state index contributed by atoms with van der Waals surface area (Å²) in [5.41, 5.74) is 7.43. The third-order valence-electron chi connectivity index (χ3n) is 2.13. The Morgan fingerprint density at radius 1 is 1.36 bits per heavy atom. The van der Waals surface area contributed by atoms with Gasteiger partial charge in [-0.15, -0.1) is 0 Å². The third kappa shape index (κ3) is 3.50. The minimum atomic E-state index is -0.256. The van der Waals surface area contributed by atoms with E-state index in [2.05, 4.69) is 0 Å². The largest absolute Gasteiger partial charge is 0.463 e. The molecule has 2 N–H and O–H groups in total. The minimum absolute atomic E-state index is 0.0978. The summed E-state index contributed by atoms with van der Waals surface area (Å²) in [6.07, 6.45) is 0. The second-order valence-corrected chi connectivity index (χ2v) is 3.74. The van der Waals surface area contributed by atoms with Crippen molar-refractivity contribution < 1.29 is 9.53 Å². The smallest absolute Gasteiger partial charge is 0.333 e. The summed E-state index contributed by atoms with van der Waals surface area (Å²) >= 11 is 0. The molecule has 14 heavy (non-hydrogen) atoms. The van der Waals surface area contributed by atoms with Gasteiger partial charge >= 0.3 is 5.97 Å². The van der Waals surface area contributed by atoms with Crippen LogP contribution < -0.4 is 5.73 Å². The monoisotopic (exact) mass is 199 g/mol. The van der Waals surface area contributed by atoms with Gasteiger partial charge in [0.1, 0.15) is 0 Å². The van der Waals surface area contributed by atoms with Crippen molar-refractivity contribution in [2.75, 3.05) is 6.61 Å². The van der Waals surface area contributed by atoms with Crippen LogP contribution in [0.3, 0.4) is 0 Å². The molecule has 0 rings (SSSR count). The van der Waals surface area contributed by atoms with E-state index in [0.717, 1.165) is 5.57 Å². The Morgan fingerprint density at radius 3 is 2.14 bits per heavy atom. The molecule has 1 atom stereocenters. The first-order valence-corrected chi connectivity index (χ1v) is 5.05. The topological polar surface area (TPSA) is 52.3 Å². The highest BCUT2D eigenvalue weighted by Gasteiger charge is 2.17. The standard InChI is InChI=1S/C11H21NO2/c1-6-14-11(13)8(4)10(7(2)3)9(5)12/h7,9H,6,12H2,1-5H3. The van der Waals surface area contributed by atoms with Crippen molar-refractivity contribution in [3.63, 3.8) is 0 Å². The summed E-state index contributed by atoms with van der Waals surface area (Å²) in [5, 5.41) is 0. The zero-order chi connectivity index (χ0) is 11.3. The predicted octanol–water partition coefficient (Wildman–Crippen LogP) is 1.87. The fourth-order valence-electron chi connectivity index (χ4n) is 1.66. The third-order valence-corrected chi connectivity index (χ3v) is 2.13. The maximum Gasteiger partial charge on any atom is 0.333 e. The minimum Gasteiger partial charge on any atom is -0.463 e. The maximum atomic E-state index is 11.5. The highest BCUT2D eigenvalue weighted by Crippen LogP contribution is 2.18. The Balaban J connectivity index is 4.90. The Labute approximate surface area is 86.3 Å². The molecule has 3 heteroatoms. The first kappa shape index (κ1) is 13.2. The zero-order valence-corrected chi connectivity index (χ0v) is 9.76. The van der Waals surface area contributed by atoms with Gasteiger partial charge in [0.05, 0.1) is 6.61 Å². The van der Waals surface area contributed by atoms with E-state index >= 15 is 0 Å². The van der Waals surface area contributed by atoms with Crippen LogP contribution in [0.25, 0.3) is 0 Å². The second-order valence-electron chi connectivity index (χ2n) is 3.74. The van der Waals surface area contributed by atoms with E-state index in [-0.39, 0.29) is 17.9 Å². The van der Waals surface area contributed by atoms with Gasteiger partial charge in [-0.1, -0.05) is 13.8 Å². The number of hydrogen-bond acceptors (Lipinski definition) is 3. The highest BCUT2D eigenvalue weighted by molar-refractivity contribution is 5.89. The van der Waals surface area contributed by atoms with Gasteiger partial charge in [-0.25, -0.2) is 4.79 Å². The number of esters is 1. The highest BCUT2D eigenvalue weighted by atomic mass is 16.5. The van der Waals surface area contributed by atoms with Gasteiger partial charge in [0.15, 0.2) is 0 Å². The predicted molar refractivity (Wildman–Crippen MR) is 57.8 cm³/mol. The number of rotatable bonds is 4. The number of nitrogens with two attached hydrogens (primary N) is 1. The summed E-state index contributed by atoms with van der Waals surface area (Å²) in [5.74, 6) is 0.0212. The van der Waals surface area contributed by atoms with Crippen molar-refractivity contribution in [1.29, 1.82) is 0 Å². The van der Waals surface area contributed by atoms with E-state index in [9.17, 15) is 4.79 Å². The van der Waals surface area contributed by atoms with Crippen molar-refractivity contribution in [1.82, 2.24) is 0 Å². The Kier molecular flexibility index (Phi) is 5.46. The van der Waals surface area contributed by atoms with Gasteiger partial charge in [-0.05, 0) is 32.3 Å². The molecule has 0 amide bonds. The number of hydrogen-bond donors (Lipinski definition) is 1. The summed E-state index contributed by atoms with van der Waals surface area (Å²) in [7, 11) is 0. The molecule has 0 heterocycles. The molecular formula is C11H21NO2. The first-order chi connectivity index (χ1) is 6.41. The molecule has 1 unspecified atom stereocenters. The average Bonchev–Trinajstić information content (AvgIpc) is 2.03. The molecule has 0 fully saturated rings. The quantitative estimate of drug-likeness (QED) is 0.555. The molecule has 0 spiro atoms. The SMILES string of the molecule is CCOC(=O)C(C)=C(C(C)C)C(C)N. The van der Waals surface area contributed by atoms with Crippen molar-refractivity contribution in [2.24, 2.45) is 11.7 Å². The molecule has 0 bridgehead atoms. The summed E-state index contributed by atoms with van der Waals surface area (Å²) < 4.78 is 4.93. The molecular weight excluding hydrogens is 178 g/mol. The molecule has 0 aromatic heterocycles. The van der Waals surface area contributed by atoms with Gasteiger partial charge in [0, 0.05) is 11.6 Å². The molecule has 3 nitrogen and oxygen atoms in total. The van der Waals surface area contributed by atoms with Crippen LogP contribution in [0.1, 0.15) is 34.6 Å². The number of ether oxygens (including phenoxy) is 1. The van der Waals surface area contributed by atoms with Crippen LogP contribution in [0.5, 0.6) is 0 Å². The van der Waals surface area contributed by atoms with E-state index in [0.29, 0.717) is 12.2 Å². The first-order valence-electron chi connectivity index (χ1n) is 5.05. The lowest BCUT2D eigenvalue weighted by atomic mass is 9.92. The van der Waals surface area contributed by atoms with Gasteiger partial charge in [0.2, 0.25) is 0 Å². The summed E-state index contributed by atoms with van der Waals surface area (Å²) in [6, 6.07) is -0.0978. The molecule has 0 saturated heterocycles. The van der Waals surface area contributed by atoms with Gasteiger partial charge < -0.3 is 10.5 Å². The van der Waals surface area contributed by atoms with E-state index in [1.165, 1.54) is 0 Å². The van der Waals surface area contributed by atoms with Crippen LogP contribution in [0.2, 0.25) is 0 Å². The Hall–Kier alpha value is -0.830. The molecule has 82 valence electrons. The van der Waals surface area contributed by atoms with Gasteiger partial charge in [-0.3, -0.25) is 0 Å². The van der Waals surface area contributed by atoms with Crippen LogP contribution in [-0.4, -0.2) is 18.6 Å². The van der Waals surface area contributed by atoms with Crippen LogP contribution in [0, 0.1) is 5.92 Å². The fraction of sp³-hybridized carbons (Fsp3) is 0.727. The fourth-order valence-corrected chi connectivity index (χ4v) is 1.66. The van der Waals surface area contributed by atoms with Crippen LogP contribution in [0.4, 0.5) is 0 Å². The van der Waals surface area contributed by atoms with E-state index < -0.39 is 0 Å². The number of carbonyl (C=O) groups excluding carboxylic acids is 1. The maximum absolute atomic E-state index is 11.5. The van der Waals surface area contributed by atoms with E-state index in [1.54, 1.807) is 13.8 Å². The van der Waals surface area contributed by atoms with Crippen LogP contribution >= 0.6 is 0 Å². The van der Waals surface area contributed by atoms with Gasteiger partial charge in [0.25, 0.3) is 0 Å². The lowest BCUT2D eigenvalue weighted by molar-refractivity contribution is -0.138. The van der Waals surface area contributed by atoms with Crippen molar-refractivity contribution in [3.05, 3.63) is 11.1 Å². The molecule has 0 aromatic carbocycles. The van der Waals surface area contributed by atoms with Crippen molar-refractivity contribution in [2.45, 2.75) is 40.7 Å². The lowest BCUT2D eigenvalue weighted by Gasteiger charge is -2.18.